The molecule has 4 aromatic rings. The Morgan fingerprint density at radius 2 is 1.62 bits per heavy atom. The van der Waals surface area contributed by atoms with Gasteiger partial charge in [0.05, 0.1) is 17.0 Å². The Balaban J connectivity index is 1.39. The van der Waals surface area contributed by atoms with Crippen LogP contribution in [0.25, 0.3) is 5.52 Å². The molecule has 0 aliphatic rings. The SMILES string of the molecule is CC(C)c1cn2ccccc2c1S(=O)(=O)c1ccc(OCCCNC(C)c2ccccc2)cc1. The Morgan fingerprint density at radius 1 is 0.912 bits per heavy atom. The predicted molar refractivity (Wildman–Crippen MR) is 136 cm³/mol. The number of benzene rings is 2. The summed E-state index contributed by atoms with van der Waals surface area (Å²) < 4.78 is 34.9. The molecule has 0 amide bonds. The second-order valence-electron chi connectivity index (χ2n) is 8.82. The summed E-state index contributed by atoms with van der Waals surface area (Å²) in [7, 11) is -3.67. The van der Waals surface area contributed by atoms with Crippen LogP contribution in [-0.4, -0.2) is 26.0 Å². The third-order valence-corrected chi connectivity index (χ3v) is 7.90. The van der Waals surface area contributed by atoms with E-state index in [2.05, 4.69) is 24.4 Å². The van der Waals surface area contributed by atoms with Gasteiger partial charge in [0.25, 0.3) is 0 Å². The van der Waals surface area contributed by atoms with Gasteiger partial charge in [0.2, 0.25) is 9.84 Å². The van der Waals surface area contributed by atoms with Crippen LogP contribution in [0.1, 0.15) is 50.3 Å². The van der Waals surface area contributed by atoms with Crippen molar-refractivity contribution in [3.8, 4) is 5.75 Å². The molecule has 0 radical (unpaired) electrons. The van der Waals surface area contributed by atoms with Gasteiger partial charge in [0.1, 0.15) is 10.6 Å². The quantitative estimate of drug-likeness (QED) is 0.285. The fraction of sp³-hybridized carbons (Fsp3) is 0.286. The molecule has 2 aromatic heterocycles. The van der Waals surface area contributed by atoms with Crippen LogP contribution in [0.15, 0.2) is 95.0 Å². The minimum Gasteiger partial charge on any atom is -0.494 e. The lowest BCUT2D eigenvalue weighted by atomic mass is 10.1. The zero-order valence-electron chi connectivity index (χ0n) is 19.9. The van der Waals surface area contributed by atoms with Crippen LogP contribution in [0.5, 0.6) is 5.75 Å². The highest BCUT2D eigenvalue weighted by Crippen LogP contribution is 2.34. The summed E-state index contributed by atoms with van der Waals surface area (Å²) in [6.07, 6.45) is 4.65. The van der Waals surface area contributed by atoms with Crippen LogP contribution >= 0.6 is 0 Å². The number of hydrogen-bond donors (Lipinski definition) is 1. The lowest BCUT2D eigenvalue weighted by Gasteiger charge is -2.14. The number of hydrogen-bond acceptors (Lipinski definition) is 4. The van der Waals surface area contributed by atoms with Crippen molar-refractivity contribution in [1.29, 1.82) is 0 Å². The fourth-order valence-electron chi connectivity index (χ4n) is 4.09. The molecule has 178 valence electrons. The van der Waals surface area contributed by atoms with Gasteiger partial charge in [0.15, 0.2) is 0 Å². The van der Waals surface area contributed by atoms with Gasteiger partial charge in [-0.05, 0) is 73.3 Å². The van der Waals surface area contributed by atoms with Crippen LogP contribution in [0.2, 0.25) is 0 Å². The van der Waals surface area contributed by atoms with E-state index in [4.69, 9.17) is 4.74 Å². The van der Waals surface area contributed by atoms with Crippen LogP contribution in [0.3, 0.4) is 0 Å². The van der Waals surface area contributed by atoms with Crippen molar-refractivity contribution >= 4 is 15.4 Å². The molecule has 1 atom stereocenters. The number of pyridine rings is 1. The summed E-state index contributed by atoms with van der Waals surface area (Å²) >= 11 is 0. The summed E-state index contributed by atoms with van der Waals surface area (Å²) in [4.78, 5) is 0.660. The van der Waals surface area contributed by atoms with Gasteiger partial charge >= 0.3 is 0 Å². The molecule has 34 heavy (non-hydrogen) atoms. The van der Waals surface area contributed by atoms with Crippen molar-refractivity contribution < 1.29 is 13.2 Å². The zero-order chi connectivity index (χ0) is 24.1. The van der Waals surface area contributed by atoms with Crippen LogP contribution in [0, 0.1) is 0 Å². The average molecular weight is 477 g/mol. The topological polar surface area (TPSA) is 59.8 Å². The Morgan fingerprint density at radius 3 is 2.32 bits per heavy atom. The molecule has 0 spiro atoms. The highest BCUT2D eigenvalue weighted by atomic mass is 32.2. The minimum absolute atomic E-state index is 0.0884. The summed E-state index contributed by atoms with van der Waals surface area (Å²) in [5.74, 6) is 0.756. The van der Waals surface area contributed by atoms with E-state index in [1.807, 2.05) is 67.0 Å². The summed E-state index contributed by atoms with van der Waals surface area (Å²) in [6.45, 7) is 7.57. The molecule has 0 saturated carbocycles. The molecule has 1 N–H and O–H groups in total. The fourth-order valence-corrected chi connectivity index (χ4v) is 5.87. The first kappa shape index (κ1) is 24.0. The summed E-state index contributed by atoms with van der Waals surface area (Å²) in [5, 5.41) is 3.50. The molecular formula is C28H32N2O3S. The van der Waals surface area contributed by atoms with Crippen LogP contribution < -0.4 is 10.1 Å². The minimum atomic E-state index is -3.67. The van der Waals surface area contributed by atoms with Crippen molar-refractivity contribution in [1.82, 2.24) is 9.72 Å². The first-order chi connectivity index (χ1) is 16.4. The third-order valence-electron chi connectivity index (χ3n) is 6.03. The number of nitrogens with one attached hydrogen (secondary N) is 1. The molecule has 1 unspecified atom stereocenters. The van der Waals surface area contributed by atoms with E-state index in [9.17, 15) is 8.42 Å². The lowest BCUT2D eigenvalue weighted by Crippen LogP contribution is -2.21. The zero-order valence-corrected chi connectivity index (χ0v) is 20.8. The maximum atomic E-state index is 13.6. The number of sulfone groups is 1. The van der Waals surface area contributed by atoms with Crippen molar-refractivity contribution in [2.75, 3.05) is 13.2 Å². The molecular weight excluding hydrogens is 444 g/mol. The molecule has 6 heteroatoms. The molecule has 0 bridgehead atoms. The monoisotopic (exact) mass is 476 g/mol. The molecule has 0 saturated heterocycles. The molecule has 2 heterocycles. The third kappa shape index (κ3) is 5.18. The van der Waals surface area contributed by atoms with E-state index in [1.54, 1.807) is 24.3 Å². The highest BCUT2D eigenvalue weighted by Gasteiger charge is 2.27. The number of fused-ring (bicyclic) bond motifs is 1. The largest absolute Gasteiger partial charge is 0.494 e. The molecule has 4 rings (SSSR count). The van der Waals surface area contributed by atoms with E-state index in [-0.39, 0.29) is 16.9 Å². The van der Waals surface area contributed by atoms with Crippen molar-refractivity contribution in [3.63, 3.8) is 0 Å². The molecule has 2 aromatic carbocycles. The Hall–Kier alpha value is -3.09. The van der Waals surface area contributed by atoms with E-state index in [0.717, 1.165) is 18.5 Å². The van der Waals surface area contributed by atoms with E-state index in [1.165, 1.54) is 5.56 Å². The van der Waals surface area contributed by atoms with Crippen LogP contribution in [-0.2, 0) is 9.84 Å². The van der Waals surface area contributed by atoms with Gasteiger partial charge in [0, 0.05) is 18.4 Å². The van der Waals surface area contributed by atoms with Gasteiger partial charge in [-0.1, -0.05) is 50.2 Å². The van der Waals surface area contributed by atoms with E-state index < -0.39 is 9.84 Å². The Kier molecular flexibility index (Phi) is 7.39. The summed E-state index contributed by atoms with van der Waals surface area (Å²) in [6, 6.07) is 23.0. The smallest absolute Gasteiger partial charge is 0.209 e. The van der Waals surface area contributed by atoms with Gasteiger partial charge in [-0.25, -0.2) is 8.42 Å². The lowest BCUT2D eigenvalue weighted by molar-refractivity contribution is 0.305. The molecule has 0 aliphatic heterocycles. The van der Waals surface area contributed by atoms with Crippen molar-refractivity contribution in [3.05, 3.63) is 96.3 Å². The maximum absolute atomic E-state index is 13.6. The normalized spacial score (nSPS) is 12.8. The van der Waals surface area contributed by atoms with Crippen LogP contribution in [0.4, 0.5) is 0 Å². The van der Waals surface area contributed by atoms with Gasteiger partial charge in [-0.2, -0.15) is 0 Å². The standard InChI is InChI=1S/C28H32N2O3S/c1-21(2)26-20-30-18-8-7-12-27(30)28(26)34(31,32)25-15-13-24(14-16-25)33-19-9-17-29-22(3)23-10-5-4-6-11-23/h4-8,10-16,18,20-22,29H,9,17,19H2,1-3H3. The first-order valence-corrected chi connectivity index (χ1v) is 13.2. The maximum Gasteiger partial charge on any atom is 0.209 e. The highest BCUT2D eigenvalue weighted by molar-refractivity contribution is 7.91. The average Bonchev–Trinajstić information content (AvgIpc) is 3.25. The van der Waals surface area contributed by atoms with Gasteiger partial charge in [-0.15, -0.1) is 0 Å². The Labute approximate surface area is 202 Å². The second-order valence-corrected chi connectivity index (χ2v) is 10.7. The number of ether oxygens (including phenoxy) is 1. The number of aromatic nitrogens is 1. The van der Waals surface area contributed by atoms with E-state index in [0.29, 0.717) is 22.8 Å². The second kappa shape index (κ2) is 10.5. The number of nitrogens with zero attached hydrogens (tertiary/aromatic N) is 1. The van der Waals surface area contributed by atoms with E-state index >= 15 is 0 Å². The molecule has 0 fully saturated rings. The first-order valence-electron chi connectivity index (χ1n) is 11.7. The predicted octanol–water partition coefficient (Wildman–Crippen LogP) is 6.02. The molecule has 5 nitrogen and oxygen atoms in total. The molecule has 0 aliphatic carbocycles. The van der Waals surface area contributed by atoms with Gasteiger partial charge in [-0.3, -0.25) is 0 Å². The van der Waals surface area contributed by atoms with Crippen molar-refractivity contribution in [2.45, 2.75) is 48.9 Å². The Bertz CT molecular complexity index is 1330. The number of rotatable bonds is 10. The van der Waals surface area contributed by atoms with Crippen molar-refractivity contribution in [2.24, 2.45) is 0 Å². The van der Waals surface area contributed by atoms with Gasteiger partial charge < -0.3 is 14.5 Å². The summed E-state index contributed by atoms with van der Waals surface area (Å²) in [5.41, 5.74) is 2.78.